The van der Waals surface area contributed by atoms with Crippen LogP contribution in [0.2, 0.25) is 0 Å². The summed E-state index contributed by atoms with van der Waals surface area (Å²) in [6.45, 7) is 2.63. The smallest absolute Gasteiger partial charge is 0.226 e. The Bertz CT molecular complexity index is 231. The average Bonchev–Trinajstić information content (AvgIpc) is 2.79. The molecule has 0 spiro atoms. The van der Waals surface area contributed by atoms with E-state index in [1.165, 1.54) is 0 Å². The van der Waals surface area contributed by atoms with Gasteiger partial charge in [-0.2, -0.15) is 0 Å². The maximum atomic E-state index is 12.3. The minimum absolute atomic E-state index is 0.0680. The SMILES string of the molecule is CCC1(C(=O)NC(CCO)COC)CCCC1. The Balaban J connectivity index is 2.55. The lowest BCUT2D eigenvalue weighted by Crippen LogP contribution is -2.46. The minimum atomic E-state index is -0.165. The molecule has 1 aliphatic rings. The Morgan fingerprint density at radius 2 is 2.12 bits per heavy atom. The molecule has 1 amide bonds. The van der Waals surface area contributed by atoms with Gasteiger partial charge in [0.25, 0.3) is 0 Å². The Labute approximate surface area is 104 Å². The number of ether oxygens (including phenoxy) is 1. The monoisotopic (exact) mass is 243 g/mol. The molecule has 0 radical (unpaired) electrons. The topological polar surface area (TPSA) is 58.6 Å². The van der Waals surface area contributed by atoms with Gasteiger partial charge in [-0.05, 0) is 25.7 Å². The van der Waals surface area contributed by atoms with Crippen LogP contribution in [0.3, 0.4) is 0 Å². The molecule has 0 heterocycles. The third kappa shape index (κ3) is 3.68. The van der Waals surface area contributed by atoms with E-state index in [0.29, 0.717) is 13.0 Å². The molecule has 1 saturated carbocycles. The second-order valence-electron chi connectivity index (χ2n) is 4.98. The van der Waals surface area contributed by atoms with E-state index in [4.69, 9.17) is 9.84 Å². The first-order valence-corrected chi connectivity index (χ1v) is 6.59. The summed E-state index contributed by atoms with van der Waals surface area (Å²) in [5.74, 6) is 0.146. The Morgan fingerprint density at radius 3 is 2.59 bits per heavy atom. The van der Waals surface area contributed by atoms with E-state index in [-0.39, 0.29) is 24.0 Å². The van der Waals surface area contributed by atoms with Crippen molar-refractivity contribution < 1.29 is 14.6 Å². The summed E-state index contributed by atoms with van der Waals surface area (Å²) in [6.07, 6.45) is 5.74. The molecule has 1 aliphatic carbocycles. The third-order valence-electron chi connectivity index (χ3n) is 3.90. The lowest BCUT2D eigenvalue weighted by molar-refractivity contribution is -0.132. The molecular weight excluding hydrogens is 218 g/mol. The van der Waals surface area contributed by atoms with Gasteiger partial charge >= 0.3 is 0 Å². The molecule has 0 bridgehead atoms. The first kappa shape index (κ1) is 14.5. The lowest BCUT2D eigenvalue weighted by Gasteiger charge is -2.29. The predicted molar refractivity (Wildman–Crippen MR) is 66.7 cm³/mol. The number of nitrogens with one attached hydrogen (secondary N) is 1. The first-order valence-electron chi connectivity index (χ1n) is 6.59. The van der Waals surface area contributed by atoms with Crippen molar-refractivity contribution in [2.75, 3.05) is 20.3 Å². The van der Waals surface area contributed by atoms with Crippen molar-refractivity contribution in [1.29, 1.82) is 0 Å². The van der Waals surface area contributed by atoms with E-state index < -0.39 is 0 Å². The molecule has 100 valence electrons. The first-order chi connectivity index (χ1) is 8.18. The molecule has 17 heavy (non-hydrogen) atoms. The van der Waals surface area contributed by atoms with Gasteiger partial charge in [-0.25, -0.2) is 0 Å². The van der Waals surface area contributed by atoms with Crippen LogP contribution in [-0.2, 0) is 9.53 Å². The Kier molecular flexibility index (Phi) is 5.92. The van der Waals surface area contributed by atoms with Crippen LogP contribution >= 0.6 is 0 Å². The molecule has 4 nitrogen and oxygen atoms in total. The second-order valence-corrected chi connectivity index (χ2v) is 4.98. The van der Waals surface area contributed by atoms with Crippen molar-refractivity contribution in [3.05, 3.63) is 0 Å². The highest BCUT2D eigenvalue weighted by Crippen LogP contribution is 2.41. The van der Waals surface area contributed by atoms with Gasteiger partial charge in [-0.15, -0.1) is 0 Å². The van der Waals surface area contributed by atoms with Crippen molar-refractivity contribution in [3.8, 4) is 0 Å². The van der Waals surface area contributed by atoms with Crippen LogP contribution in [0.15, 0.2) is 0 Å². The Morgan fingerprint density at radius 1 is 1.47 bits per heavy atom. The van der Waals surface area contributed by atoms with Crippen molar-refractivity contribution in [1.82, 2.24) is 5.32 Å². The average molecular weight is 243 g/mol. The zero-order valence-electron chi connectivity index (χ0n) is 11.0. The molecule has 0 aromatic rings. The Hall–Kier alpha value is -0.610. The number of carbonyl (C=O) groups excluding carboxylic acids is 1. The normalized spacial score (nSPS) is 20.2. The zero-order chi connectivity index (χ0) is 12.7. The highest BCUT2D eigenvalue weighted by atomic mass is 16.5. The third-order valence-corrected chi connectivity index (χ3v) is 3.90. The number of carbonyl (C=O) groups is 1. The molecule has 2 N–H and O–H groups in total. The van der Waals surface area contributed by atoms with Gasteiger partial charge < -0.3 is 15.2 Å². The molecular formula is C13H25NO3. The van der Waals surface area contributed by atoms with Crippen molar-refractivity contribution in [3.63, 3.8) is 0 Å². The van der Waals surface area contributed by atoms with E-state index in [0.717, 1.165) is 32.1 Å². The highest BCUT2D eigenvalue weighted by molar-refractivity contribution is 5.83. The quantitative estimate of drug-likeness (QED) is 0.712. The van der Waals surface area contributed by atoms with Gasteiger partial charge in [-0.3, -0.25) is 4.79 Å². The molecule has 1 unspecified atom stereocenters. The number of aliphatic hydroxyl groups excluding tert-OH is 1. The van der Waals surface area contributed by atoms with Gasteiger partial charge in [0.15, 0.2) is 0 Å². The van der Waals surface area contributed by atoms with Gasteiger partial charge in [0.05, 0.1) is 12.6 Å². The van der Waals surface area contributed by atoms with Crippen molar-refractivity contribution in [2.45, 2.75) is 51.5 Å². The number of aliphatic hydroxyl groups is 1. The van der Waals surface area contributed by atoms with E-state index in [9.17, 15) is 4.79 Å². The number of hydrogen-bond acceptors (Lipinski definition) is 3. The van der Waals surface area contributed by atoms with Crippen LogP contribution in [0.4, 0.5) is 0 Å². The summed E-state index contributed by atoms with van der Waals surface area (Å²) in [6, 6.07) is -0.0680. The van der Waals surface area contributed by atoms with Gasteiger partial charge in [0.1, 0.15) is 0 Å². The minimum Gasteiger partial charge on any atom is -0.396 e. The molecule has 1 atom stereocenters. The largest absolute Gasteiger partial charge is 0.396 e. The summed E-state index contributed by atoms with van der Waals surface area (Å²) in [4.78, 5) is 12.3. The van der Waals surface area contributed by atoms with Gasteiger partial charge in [0, 0.05) is 19.1 Å². The standard InChI is InChI=1S/C13H25NO3/c1-3-13(7-4-5-8-13)12(16)14-11(6-9-15)10-17-2/h11,15H,3-10H2,1-2H3,(H,14,16). The van der Waals surface area contributed by atoms with Gasteiger partial charge in [0.2, 0.25) is 5.91 Å². The van der Waals surface area contributed by atoms with E-state index in [1.807, 2.05) is 0 Å². The highest BCUT2D eigenvalue weighted by Gasteiger charge is 2.39. The molecule has 1 rings (SSSR count). The molecule has 0 aliphatic heterocycles. The molecule has 4 heteroatoms. The van der Waals surface area contributed by atoms with E-state index >= 15 is 0 Å². The number of hydrogen-bond donors (Lipinski definition) is 2. The van der Waals surface area contributed by atoms with Crippen molar-refractivity contribution >= 4 is 5.91 Å². The maximum absolute atomic E-state index is 12.3. The second kappa shape index (κ2) is 6.97. The van der Waals surface area contributed by atoms with E-state index in [1.54, 1.807) is 7.11 Å². The van der Waals surface area contributed by atoms with Crippen molar-refractivity contribution in [2.24, 2.45) is 5.41 Å². The number of rotatable bonds is 7. The predicted octanol–water partition coefficient (Wildman–Crippen LogP) is 1.47. The summed E-state index contributed by atoms with van der Waals surface area (Å²) < 4.78 is 5.06. The molecule has 1 fully saturated rings. The summed E-state index contributed by atoms with van der Waals surface area (Å²) in [5, 5.41) is 12.0. The van der Waals surface area contributed by atoms with Gasteiger partial charge in [-0.1, -0.05) is 19.8 Å². The zero-order valence-corrected chi connectivity index (χ0v) is 11.0. The summed E-state index contributed by atoms with van der Waals surface area (Å²) in [7, 11) is 1.61. The fraction of sp³-hybridized carbons (Fsp3) is 0.923. The maximum Gasteiger partial charge on any atom is 0.226 e. The molecule has 0 aromatic carbocycles. The summed E-state index contributed by atoms with van der Waals surface area (Å²) >= 11 is 0. The fourth-order valence-corrected chi connectivity index (χ4v) is 2.69. The molecule has 0 saturated heterocycles. The molecule has 0 aromatic heterocycles. The number of methoxy groups -OCH3 is 1. The van der Waals surface area contributed by atoms with E-state index in [2.05, 4.69) is 12.2 Å². The van der Waals surface area contributed by atoms with Crippen LogP contribution < -0.4 is 5.32 Å². The van der Waals surface area contributed by atoms with Crippen LogP contribution in [0.25, 0.3) is 0 Å². The lowest BCUT2D eigenvalue weighted by atomic mass is 9.82. The van der Waals surface area contributed by atoms with Crippen LogP contribution in [0.5, 0.6) is 0 Å². The fourth-order valence-electron chi connectivity index (χ4n) is 2.69. The van der Waals surface area contributed by atoms with Crippen LogP contribution in [0, 0.1) is 5.41 Å². The summed E-state index contributed by atoms with van der Waals surface area (Å²) in [5.41, 5.74) is -0.165. The van der Waals surface area contributed by atoms with Crippen LogP contribution in [0.1, 0.15) is 45.4 Å². The van der Waals surface area contributed by atoms with Crippen LogP contribution in [-0.4, -0.2) is 37.4 Å². The number of amides is 1.